The van der Waals surface area contributed by atoms with Crippen molar-refractivity contribution in [2.75, 3.05) is 26.8 Å². The molecule has 2 N–H and O–H groups in total. The van der Waals surface area contributed by atoms with Crippen LogP contribution in [0, 0.1) is 5.82 Å². The molecule has 0 aromatic heterocycles. The molecule has 0 amide bonds. The molecular weight excluding hydrogens is 337 g/mol. The van der Waals surface area contributed by atoms with Gasteiger partial charge in [-0.05, 0) is 61.3 Å². The summed E-state index contributed by atoms with van der Waals surface area (Å²) in [6.07, 6.45) is 1.50. The van der Waals surface area contributed by atoms with Gasteiger partial charge in [0.2, 0.25) is 0 Å². The van der Waals surface area contributed by atoms with Gasteiger partial charge in [0.05, 0.1) is 7.11 Å². The lowest BCUT2D eigenvalue weighted by Crippen LogP contribution is -2.51. The predicted octanol–water partition coefficient (Wildman–Crippen LogP) is 2.95. The topological polar surface area (TPSA) is 62.2 Å². The van der Waals surface area contributed by atoms with Crippen LogP contribution in [0.25, 0.3) is 0 Å². The monoisotopic (exact) mass is 361 g/mol. The third-order valence-electron chi connectivity index (χ3n) is 4.60. The SMILES string of the molecule is COc1ccc(CN2CCCC(O)(COc3ccc(F)cc3)C2)cc1O. The van der Waals surface area contributed by atoms with Crippen molar-refractivity contribution in [3.8, 4) is 17.2 Å². The molecule has 1 saturated heterocycles. The lowest BCUT2D eigenvalue weighted by Gasteiger charge is -2.39. The maximum Gasteiger partial charge on any atom is 0.160 e. The molecule has 0 radical (unpaired) electrons. The molecule has 0 saturated carbocycles. The number of methoxy groups -OCH3 is 1. The first kappa shape index (κ1) is 18.5. The maximum atomic E-state index is 13.0. The molecule has 1 aliphatic rings. The van der Waals surface area contributed by atoms with Crippen molar-refractivity contribution in [2.24, 2.45) is 0 Å². The smallest absolute Gasteiger partial charge is 0.160 e. The summed E-state index contributed by atoms with van der Waals surface area (Å²) < 4.78 is 23.7. The third kappa shape index (κ3) is 4.65. The number of likely N-dealkylation sites (tertiary alicyclic amines) is 1. The van der Waals surface area contributed by atoms with Crippen LogP contribution in [0.2, 0.25) is 0 Å². The highest BCUT2D eigenvalue weighted by molar-refractivity contribution is 5.41. The molecule has 1 fully saturated rings. The Morgan fingerprint density at radius 1 is 1.19 bits per heavy atom. The summed E-state index contributed by atoms with van der Waals surface area (Å²) in [4.78, 5) is 2.14. The Balaban J connectivity index is 1.59. The number of aromatic hydroxyl groups is 1. The minimum absolute atomic E-state index is 0.108. The second-order valence-electron chi connectivity index (χ2n) is 6.79. The predicted molar refractivity (Wildman–Crippen MR) is 96.0 cm³/mol. The van der Waals surface area contributed by atoms with Gasteiger partial charge in [-0.2, -0.15) is 0 Å². The molecule has 0 bridgehead atoms. The number of rotatable bonds is 6. The van der Waals surface area contributed by atoms with Crippen LogP contribution in [0.3, 0.4) is 0 Å². The van der Waals surface area contributed by atoms with Gasteiger partial charge < -0.3 is 19.7 Å². The van der Waals surface area contributed by atoms with E-state index in [1.165, 1.54) is 19.2 Å². The van der Waals surface area contributed by atoms with E-state index in [4.69, 9.17) is 9.47 Å². The van der Waals surface area contributed by atoms with Crippen LogP contribution in [0.4, 0.5) is 4.39 Å². The van der Waals surface area contributed by atoms with Crippen LogP contribution in [0.15, 0.2) is 42.5 Å². The molecule has 2 aromatic rings. The Morgan fingerprint density at radius 3 is 2.65 bits per heavy atom. The van der Waals surface area contributed by atoms with E-state index < -0.39 is 5.60 Å². The first-order valence-electron chi connectivity index (χ1n) is 8.66. The Kier molecular flexibility index (Phi) is 5.64. The van der Waals surface area contributed by atoms with Crippen molar-refractivity contribution in [1.29, 1.82) is 0 Å². The average molecular weight is 361 g/mol. The van der Waals surface area contributed by atoms with Gasteiger partial charge in [0.25, 0.3) is 0 Å². The number of halogens is 1. The minimum atomic E-state index is -0.957. The zero-order valence-corrected chi connectivity index (χ0v) is 14.8. The number of phenolic OH excluding ortho intramolecular Hbond substituents is 1. The number of nitrogens with zero attached hydrogens (tertiary/aromatic N) is 1. The molecule has 6 heteroatoms. The Bertz CT molecular complexity index is 737. The van der Waals surface area contributed by atoms with Crippen molar-refractivity contribution in [3.05, 3.63) is 53.8 Å². The summed E-state index contributed by atoms with van der Waals surface area (Å²) in [5.41, 5.74) is -0.00626. The highest BCUT2D eigenvalue weighted by Gasteiger charge is 2.34. The van der Waals surface area contributed by atoms with E-state index in [2.05, 4.69) is 4.90 Å². The van der Waals surface area contributed by atoms with Crippen LogP contribution < -0.4 is 9.47 Å². The lowest BCUT2D eigenvalue weighted by molar-refractivity contribution is -0.0621. The van der Waals surface area contributed by atoms with Crippen LogP contribution in [0.1, 0.15) is 18.4 Å². The minimum Gasteiger partial charge on any atom is -0.504 e. The van der Waals surface area contributed by atoms with E-state index in [0.29, 0.717) is 31.0 Å². The highest BCUT2D eigenvalue weighted by atomic mass is 19.1. The molecule has 1 aliphatic heterocycles. The maximum absolute atomic E-state index is 13.0. The van der Waals surface area contributed by atoms with Crippen molar-refractivity contribution in [1.82, 2.24) is 4.90 Å². The molecule has 1 unspecified atom stereocenters. The number of aliphatic hydroxyl groups is 1. The first-order chi connectivity index (χ1) is 12.5. The number of β-amino-alcohol motifs (C(OH)–C–C–N with tert-alkyl or cyclic N) is 1. The number of benzene rings is 2. The molecule has 1 atom stereocenters. The van der Waals surface area contributed by atoms with Gasteiger partial charge >= 0.3 is 0 Å². The van der Waals surface area contributed by atoms with Crippen molar-refractivity contribution < 1.29 is 24.1 Å². The molecule has 0 aliphatic carbocycles. The van der Waals surface area contributed by atoms with Gasteiger partial charge in [0, 0.05) is 13.1 Å². The Morgan fingerprint density at radius 2 is 1.96 bits per heavy atom. The summed E-state index contributed by atoms with van der Waals surface area (Å²) in [6, 6.07) is 11.1. The van der Waals surface area contributed by atoms with E-state index in [1.54, 1.807) is 24.3 Å². The van der Waals surface area contributed by atoms with Gasteiger partial charge in [-0.1, -0.05) is 6.07 Å². The molecule has 140 valence electrons. The standard InChI is InChI=1S/C20H24FNO4/c1-25-19-8-3-15(11-18(19)23)12-22-10-2-9-20(24,13-22)14-26-17-6-4-16(21)5-7-17/h3-8,11,23-24H,2,9-10,12-14H2,1H3. The molecule has 0 spiro atoms. The molecule has 2 aromatic carbocycles. The molecule has 3 rings (SSSR count). The summed E-state index contributed by atoms with van der Waals surface area (Å²) >= 11 is 0. The largest absolute Gasteiger partial charge is 0.504 e. The number of phenols is 1. The number of ether oxygens (including phenoxy) is 2. The van der Waals surface area contributed by atoms with Crippen LogP contribution >= 0.6 is 0 Å². The third-order valence-corrected chi connectivity index (χ3v) is 4.60. The molecular formula is C20H24FNO4. The van der Waals surface area contributed by atoms with E-state index in [-0.39, 0.29) is 18.2 Å². The summed E-state index contributed by atoms with van der Waals surface area (Å²) in [6.45, 7) is 2.12. The fraction of sp³-hybridized carbons (Fsp3) is 0.400. The number of hydrogen-bond acceptors (Lipinski definition) is 5. The zero-order chi connectivity index (χ0) is 18.6. The second kappa shape index (κ2) is 7.93. The lowest BCUT2D eigenvalue weighted by atomic mass is 9.93. The van der Waals surface area contributed by atoms with Crippen molar-refractivity contribution in [3.63, 3.8) is 0 Å². The van der Waals surface area contributed by atoms with E-state index in [1.807, 2.05) is 6.07 Å². The Labute approximate surface area is 152 Å². The zero-order valence-electron chi connectivity index (χ0n) is 14.8. The fourth-order valence-corrected chi connectivity index (χ4v) is 3.30. The fourth-order valence-electron chi connectivity index (χ4n) is 3.30. The van der Waals surface area contributed by atoms with Crippen molar-refractivity contribution >= 4 is 0 Å². The normalized spacial score (nSPS) is 20.7. The molecule has 1 heterocycles. The number of hydrogen-bond donors (Lipinski definition) is 2. The van der Waals surface area contributed by atoms with Gasteiger partial charge in [0.15, 0.2) is 11.5 Å². The van der Waals surface area contributed by atoms with Crippen LogP contribution in [-0.2, 0) is 6.54 Å². The van der Waals surface area contributed by atoms with Crippen LogP contribution in [-0.4, -0.2) is 47.5 Å². The number of piperidine rings is 1. The van der Waals surface area contributed by atoms with Gasteiger partial charge in [-0.25, -0.2) is 4.39 Å². The van der Waals surface area contributed by atoms with Gasteiger partial charge in [-0.15, -0.1) is 0 Å². The van der Waals surface area contributed by atoms with Crippen molar-refractivity contribution in [2.45, 2.75) is 25.0 Å². The van der Waals surface area contributed by atoms with Gasteiger partial charge in [-0.3, -0.25) is 4.90 Å². The Hall–Kier alpha value is -2.31. The second-order valence-corrected chi connectivity index (χ2v) is 6.79. The highest BCUT2D eigenvalue weighted by Crippen LogP contribution is 2.28. The summed E-state index contributed by atoms with van der Waals surface area (Å²) in [5.74, 6) is 0.771. The van der Waals surface area contributed by atoms with E-state index in [0.717, 1.165) is 18.5 Å². The average Bonchev–Trinajstić information content (AvgIpc) is 2.62. The summed E-state index contributed by atoms with van der Waals surface area (Å²) in [7, 11) is 1.51. The summed E-state index contributed by atoms with van der Waals surface area (Å²) in [5, 5.41) is 20.8. The van der Waals surface area contributed by atoms with E-state index >= 15 is 0 Å². The van der Waals surface area contributed by atoms with Crippen LogP contribution in [0.5, 0.6) is 17.2 Å². The first-order valence-corrected chi connectivity index (χ1v) is 8.66. The molecule has 26 heavy (non-hydrogen) atoms. The van der Waals surface area contributed by atoms with E-state index in [9.17, 15) is 14.6 Å². The van der Waals surface area contributed by atoms with Gasteiger partial charge in [0.1, 0.15) is 23.8 Å². The quantitative estimate of drug-likeness (QED) is 0.828. The molecule has 5 nitrogen and oxygen atoms in total.